The van der Waals surface area contributed by atoms with E-state index < -0.39 is 0 Å². The normalized spacial score (nSPS) is 11.0. The minimum Gasteiger partial charge on any atom is -0.357 e. The van der Waals surface area contributed by atoms with Crippen LogP contribution in [-0.2, 0) is 20.1 Å². The lowest BCUT2D eigenvalue weighted by atomic mass is 10.1. The van der Waals surface area contributed by atoms with Gasteiger partial charge in [0, 0.05) is 37.6 Å². The van der Waals surface area contributed by atoms with Gasteiger partial charge in [0.1, 0.15) is 12.7 Å². The van der Waals surface area contributed by atoms with Crippen molar-refractivity contribution in [3.8, 4) is 5.69 Å². The molecule has 5 nitrogen and oxygen atoms in total. The SMILES string of the molecule is Cn1ccc(CNCc2ccc(Cl)cc2-n2cncn2)c1. The predicted molar refractivity (Wildman–Crippen MR) is 82.3 cm³/mol. The first-order valence-corrected chi connectivity index (χ1v) is 7.05. The zero-order chi connectivity index (χ0) is 14.7. The first kappa shape index (κ1) is 13.9. The van der Waals surface area contributed by atoms with Crippen LogP contribution in [-0.4, -0.2) is 19.3 Å². The topological polar surface area (TPSA) is 47.7 Å². The van der Waals surface area contributed by atoms with Gasteiger partial charge in [-0.05, 0) is 29.3 Å². The van der Waals surface area contributed by atoms with Crippen LogP contribution < -0.4 is 5.32 Å². The van der Waals surface area contributed by atoms with Gasteiger partial charge in [0.2, 0.25) is 0 Å². The van der Waals surface area contributed by atoms with Gasteiger partial charge < -0.3 is 9.88 Å². The van der Waals surface area contributed by atoms with E-state index in [0.29, 0.717) is 5.02 Å². The molecule has 1 aromatic carbocycles. The van der Waals surface area contributed by atoms with Gasteiger partial charge in [0.05, 0.1) is 5.69 Å². The Hall–Kier alpha value is -2.11. The first-order chi connectivity index (χ1) is 10.2. The number of rotatable bonds is 5. The van der Waals surface area contributed by atoms with Gasteiger partial charge in [0.15, 0.2) is 0 Å². The van der Waals surface area contributed by atoms with E-state index in [2.05, 4.69) is 27.7 Å². The number of hydrogen-bond acceptors (Lipinski definition) is 3. The lowest BCUT2D eigenvalue weighted by Gasteiger charge is -2.10. The highest BCUT2D eigenvalue weighted by Gasteiger charge is 2.06. The average Bonchev–Trinajstić information content (AvgIpc) is 3.12. The van der Waals surface area contributed by atoms with Gasteiger partial charge >= 0.3 is 0 Å². The lowest BCUT2D eigenvalue weighted by molar-refractivity contribution is 0.685. The van der Waals surface area contributed by atoms with Crippen molar-refractivity contribution in [1.82, 2.24) is 24.6 Å². The van der Waals surface area contributed by atoms with E-state index in [-0.39, 0.29) is 0 Å². The molecule has 0 radical (unpaired) electrons. The summed E-state index contributed by atoms with van der Waals surface area (Å²) in [7, 11) is 2.02. The average molecular weight is 302 g/mol. The Morgan fingerprint density at radius 1 is 1.24 bits per heavy atom. The molecule has 21 heavy (non-hydrogen) atoms. The molecule has 0 aliphatic carbocycles. The second-order valence-corrected chi connectivity index (χ2v) is 5.34. The third-order valence-electron chi connectivity index (χ3n) is 3.25. The van der Waals surface area contributed by atoms with Crippen LogP contribution >= 0.6 is 11.6 Å². The molecule has 6 heteroatoms. The molecule has 0 saturated heterocycles. The largest absolute Gasteiger partial charge is 0.357 e. The predicted octanol–water partition coefficient (Wildman–Crippen LogP) is 2.55. The van der Waals surface area contributed by atoms with Crippen molar-refractivity contribution in [2.45, 2.75) is 13.1 Å². The van der Waals surface area contributed by atoms with Crippen molar-refractivity contribution < 1.29 is 0 Å². The number of nitrogens with zero attached hydrogens (tertiary/aromatic N) is 4. The van der Waals surface area contributed by atoms with Crippen LogP contribution in [0.3, 0.4) is 0 Å². The second-order valence-electron chi connectivity index (χ2n) is 4.90. The highest BCUT2D eigenvalue weighted by molar-refractivity contribution is 6.30. The van der Waals surface area contributed by atoms with Crippen molar-refractivity contribution in [1.29, 1.82) is 0 Å². The molecule has 0 spiro atoms. The van der Waals surface area contributed by atoms with Crippen LogP contribution in [0.5, 0.6) is 0 Å². The maximum atomic E-state index is 6.08. The maximum absolute atomic E-state index is 6.08. The van der Waals surface area contributed by atoms with Crippen LogP contribution in [0.1, 0.15) is 11.1 Å². The maximum Gasteiger partial charge on any atom is 0.138 e. The monoisotopic (exact) mass is 301 g/mol. The summed E-state index contributed by atoms with van der Waals surface area (Å²) < 4.78 is 3.77. The number of benzene rings is 1. The van der Waals surface area contributed by atoms with Crippen LogP contribution in [0, 0.1) is 0 Å². The van der Waals surface area contributed by atoms with Gasteiger partial charge in [-0.25, -0.2) is 9.67 Å². The van der Waals surface area contributed by atoms with E-state index in [9.17, 15) is 0 Å². The fraction of sp³-hybridized carbons (Fsp3) is 0.200. The van der Waals surface area contributed by atoms with Gasteiger partial charge in [0.25, 0.3) is 0 Å². The summed E-state index contributed by atoms with van der Waals surface area (Å²) in [6, 6.07) is 7.90. The first-order valence-electron chi connectivity index (χ1n) is 6.67. The van der Waals surface area contributed by atoms with E-state index >= 15 is 0 Å². The Morgan fingerprint density at radius 3 is 2.86 bits per heavy atom. The van der Waals surface area contributed by atoms with Gasteiger partial charge in [-0.2, -0.15) is 5.10 Å². The summed E-state index contributed by atoms with van der Waals surface area (Å²) in [4.78, 5) is 3.99. The molecule has 3 aromatic rings. The molecule has 108 valence electrons. The second kappa shape index (κ2) is 6.11. The van der Waals surface area contributed by atoms with Crippen LogP contribution in [0.15, 0.2) is 49.3 Å². The zero-order valence-electron chi connectivity index (χ0n) is 11.7. The smallest absolute Gasteiger partial charge is 0.138 e. The van der Waals surface area contributed by atoms with Crippen molar-refractivity contribution in [3.63, 3.8) is 0 Å². The number of aromatic nitrogens is 4. The van der Waals surface area contributed by atoms with Crippen LogP contribution in [0.4, 0.5) is 0 Å². The molecule has 2 heterocycles. The molecule has 0 bridgehead atoms. The molecule has 3 rings (SSSR count). The summed E-state index contributed by atoms with van der Waals surface area (Å²) >= 11 is 6.08. The molecular weight excluding hydrogens is 286 g/mol. The van der Waals surface area contributed by atoms with E-state index in [4.69, 9.17) is 11.6 Å². The molecule has 2 aromatic heterocycles. The minimum atomic E-state index is 0.687. The van der Waals surface area contributed by atoms with Crippen molar-refractivity contribution in [2.75, 3.05) is 0 Å². The molecule has 0 fully saturated rings. The van der Waals surface area contributed by atoms with Crippen molar-refractivity contribution in [3.05, 3.63) is 65.5 Å². The molecule has 0 atom stereocenters. The third-order valence-corrected chi connectivity index (χ3v) is 3.49. The Morgan fingerprint density at radius 2 is 2.14 bits per heavy atom. The van der Waals surface area contributed by atoms with Crippen molar-refractivity contribution >= 4 is 11.6 Å². The highest BCUT2D eigenvalue weighted by Crippen LogP contribution is 2.19. The Bertz CT molecular complexity index is 718. The van der Waals surface area contributed by atoms with E-state index in [1.165, 1.54) is 11.9 Å². The number of halogens is 1. The Balaban J connectivity index is 1.73. The summed E-state index contributed by atoms with van der Waals surface area (Å²) in [5.41, 5.74) is 3.33. The molecular formula is C15H16ClN5. The summed E-state index contributed by atoms with van der Waals surface area (Å²) in [5, 5.41) is 8.30. The van der Waals surface area contributed by atoms with Crippen molar-refractivity contribution in [2.24, 2.45) is 7.05 Å². The van der Waals surface area contributed by atoms with Crippen LogP contribution in [0.25, 0.3) is 5.69 Å². The zero-order valence-corrected chi connectivity index (χ0v) is 12.5. The Labute approximate surface area is 128 Å². The van der Waals surface area contributed by atoms with Gasteiger partial charge in [-0.1, -0.05) is 17.7 Å². The van der Waals surface area contributed by atoms with E-state index in [1.54, 1.807) is 11.0 Å². The number of hydrogen-bond donors (Lipinski definition) is 1. The molecule has 0 aliphatic rings. The molecule has 0 amide bonds. The number of aryl methyl sites for hydroxylation is 1. The fourth-order valence-corrected chi connectivity index (χ4v) is 2.41. The fourth-order valence-electron chi connectivity index (χ4n) is 2.24. The number of nitrogens with one attached hydrogen (secondary N) is 1. The molecule has 0 unspecified atom stereocenters. The highest BCUT2D eigenvalue weighted by atomic mass is 35.5. The summed E-state index contributed by atoms with van der Waals surface area (Å²) in [6.45, 7) is 1.56. The van der Waals surface area contributed by atoms with E-state index in [1.807, 2.05) is 36.0 Å². The molecule has 0 aliphatic heterocycles. The molecule has 0 saturated carbocycles. The lowest BCUT2D eigenvalue weighted by Crippen LogP contribution is -2.14. The summed E-state index contributed by atoms with van der Waals surface area (Å²) in [5.74, 6) is 0. The minimum absolute atomic E-state index is 0.687. The standard InChI is InChI=1S/C15H16ClN5/c1-20-5-4-12(9-20)7-17-8-13-2-3-14(16)6-15(13)21-11-18-10-19-21/h2-6,9-11,17H,7-8H2,1H3. The quantitative estimate of drug-likeness (QED) is 0.788. The molecule has 1 N–H and O–H groups in total. The van der Waals surface area contributed by atoms with E-state index in [0.717, 1.165) is 24.3 Å². The van der Waals surface area contributed by atoms with Gasteiger partial charge in [-0.3, -0.25) is 0 Å². The summed E-state index contributed by atoms with van der Waals surface area (Å²) in [6.07, 6.45) is 7.34. The Kier molecular flexibility index (Phi) is 4.03. The third kappa shape index (κ3) is 3.32. The van der Waals surface area contributed by atoms with Crippen LogP contribution in [0.2, 0.25) is 5.02 Å². The van der Waals surface area contributed by atoms with Gasteiger partial charge in [-0.15, -0.1) is 0 Å².